The SMILES string of the molecule is CN(Cc1ccc(F)cc1F)C(=O)NCC1CC1. The molecule has 1 aliphatic carbocycles. The van der Waals surface area contributed by atoms with Gasteiger partial charge in [-0.1, -0.05) is 6.07 Å². The Labute approximate surface area is 105 Å². The summed E-state index contributed by atoms with van der Waals surface area (Å²) in [5.74, 6) is -0.640. The second-order valence-corrected chi connectivity index (χ2v) is 4.72. The van der Waals surface area contributed by atoms with Gasteiger partial charge in [-0.05, 0) is 24.8 Å². The Morgan fingerprint density at radius 1 is 1.44 bits per heavy atom. The number of amides is 2. The first kappa shape index (κ1) is 12.8. The van der Waals surface area contributed by atoms with Crippen molar-refractivity contribution in [2.24, 2.45) is 5.92 Å². The zero-order chi connectivity index (χ0) is 13.1. The van der Waals surface area contributed by atoms with Crippen molar-refractivity contribution in [2.75, 3.05) is 13.6 Å². The van der Waals surface area contributed by atoms with Gasteiger partial charge in [-0.25, -0.2) is 13.6 Å². The Morgan fingerprint density at radius 3 is 2.78 bits per heavy atom. The molecule has 0 radical (unpaired) electrons. The van der Waals surface area contributed by atoms with Crippen LogP contribution >= 0.6 is 0 Å². The molecule has 1 aliphatic rings. The van der Waals surface area contributed by atoms with E-state index in [-0.39, 0.29) is 12.6 Å². The van der Waals surface area contributed by atoms with E-state index in [9.17, 15) is 13.6 Å². The fourth-order valence-corrected chi connectivity index (χ4v) is 1.67. The Balaban J connectivity index is 1.88. The van der Waals surface area contributed by atoms with E-state index < -0.39 is 11.6 Å². The van der Waals surface area contributed by atoms with E-state index in [1.807, 2.05) is 0 Å². The highest BCUT2D eigenvalue weighted by atomic mass is 19.1. The molecule has 1 N–H and O–H groups in total. The minimum atomic E-state index is -0.628. The molecule has 0 aliphatic heterocycles. The zero-order valence-electron chi connectivity index (χ0n) is 10.2. The van der Waals surface area contributed by atoms with E-state index in [1.165, 1.54) is 17.0 Å². The first-order valence-corrected chi connectivity index (χ1v) is 5.99. The van der Waals surface area contributed by atoms with Crippen molar-refractivity contribution in [1.29, 1.82) is 0 Å². The topological polar surface area (TPSA) is 32.3 Å². The molecule has 0 spiro atoms. The van der Waals surface area contributed by atoms with Gasteiger partial charge in [-0.15, -0.1) is 0 Å². The van der Waals surface area contributed by atoms with Crippen molar-refractivity contribution in [3.05, 3.63) is 35.4 Å². The van der Waals surface area contributed by atoms with Crippen molar-refractivity contribution in [1.82, 2.24) is 10.2 Å². The lowest BCUT2D eigenvalue weighted by atomic mass is 10.2. The average molecular weight is 254 g/mol. The molecule has 2 amide bonds. The van der Waals surface area contributed by atoms with Crippen LogP contribution in [0.15, 0.2) is 18.2 Å². The van der Waals surface area contributed by atoms with Gasteiger partial charge >= 0.3 is 6.03 Å². The maximum Gasteiger partial charge on any atom is 0.317 e. The van der Waals surface area contributed by atoms with Crippen LogP contribution in [0.5, 0.6) is 0 Å². The van der Waals surface area contributed by atoms with Crippen molar-refractivity contribution < 1.29 is 13.6 Å². The molecular formula is C13H16F2N2O. The quantitative estimate of drug-likeness (QED) is 0.879. The Hall–Kier alpha value is -1.65. The maximum absolute atomic E-state index is 13.4. The van der Waals surface area contributed by atoms with Crippen LogP contribution in [0.3, 0.4) is 0 Å². The van der Waals surface area contributed by atoms with E-state index in [0.717, 1.165) is 18.9 Å². The Morgan fingerprint density at radius 2 is 2.17 bits per heavy atom. The lowest BCUT2D eigenvalue weighted by Crippen LogP contribution is -2.37. The summed E-state index contributed by atoms with van der Waals surface area (Å²) in [5, 5.41) is 2.79. The molecule has 2 rings (SSSR count). The van der Waals surface area contributed by atoms with Crippen molar-refractivity contribution in [3.63, 3.8) is 0 Å². The molecule has 0 aromatic heterocycles. The average Bonchev–Trinajstić information content (AvgIpc) is 3.13. The first-order chi connectivity index (χ1) is 8.56. The Bertz CT molecular complexity index is 447. The van der Waals surface area contributed by atoms with Gasteiger partial charge in [0.15, 0.2) is 0 Å². The Kier molecular flexibility index (Phi) is 3.79. The van der Waals surface area contributed by atoms with E-state index >= 15 is 0 Å². The lowest BCUT2D eigenvalue weighted by Gasteiger charge is -2.18. The monoisotopic (exact) mass is 254 g/mol. The lowest BCUT2D eigenvalue weighted by molar-refractivity contribution is 0.206. The third kappa shape index (κ3) is 3.42. The molecule has 3 nitrogen and oxygen atoms in total. The highest BCUT2D eigenvalue weighted by Gasteiger charge is 2.22. The second-order valence-electron chi connectivity index (χ2n) is 4.72. The third-order valence-electron chi connectivity index (χ3n) is 3.01. The number of hydrogen-bond donors (Lipinski definition) is 1. The standard InChI is InChI=1S/C13H16F2N2O/c1-17(13(18)16-7-9-2-3-9)8-10-4-5-11(14)6-12(10)15/h4-6,9H,2-3,7-8H2,1H3,(H,16,18). The smallest absolute Gasteiger partial charge is 0.317 e. The van der Waals surface area contributed by atoms with Crippen LogP contribution in [0.2, 0.25) is 0 Å². The van der Waals surface area contributed by atoms with Crippen LogP contribution in [0.25, 0.3) is 0 Å². The van der Waals surface area contributed by atoms with Crippen molar-refractivity contribution in [3.8, 4) is 0 Å². The summed E-state index contributed by atoms with van der Waals surface area (Å²) in [6, 6.07) is 3.14. The van der Waals surface area contributed by atoms with Crippen LogP contribution in [0, 0.1) is 17.6 Å². The van der Waals surface area contributed by atoms with Crippen molar-refractivity contribution in [2.45, 2.75) is 19.4 Å². The minimum Gasteiger partial charge on any atom is -0.338 e. The number of urea groups is 1. The van der Waals surface area contributed by atoms with Gasteiger partial charge in [-0.2, -0.15) is 0 Å². The summed E-state index contributed by atoms with van der Waals surface area (Å²) in [6.45, 7) is 0.803. The molecule has 1 aromatic carbocycles. The normalized spacial score (nSPS) is 14.4. The third-order valence-corrected chi connectivity index (χ3v) is 3.01. The summed E-state index contributed by atoms with van der Waals surface area (Å²) in [5.41, 5.74) is 0.306. The van der Waals surface area contributed by atoms with Crippen LogP contribution in [0.1, 0.15) is 18.4 Å². The molecule has 0 heterocycles. The van der Waals surface area contributed by atoms with Crippen LogP contribution in [-0.4, -0.2) is 24.5 Å². The molecule has 0 saturated heterocycles. The van der Waals surface area contributed by atoms with E-state index in [2.05, 4.69) is 5.32 Å². The molecule has 0 unspecified atom stereocenters. The van der Waals surface area contributed by atoms with Gasteiger partial charge in [0.1, 0.15) is 11.6 Å². The van der Waals surface area contributed by atoms with Crippen molar-refractivity contribution >= 4 is 6.03 Å². The van der Waals surface area contributed by atoms with Gasteiger partial charge in [0.2, 0.25) is 0 Å². The zero-order valence-corrected chi connectivity index (χ0v) is 10.2. The molecular weight excluding hydrogens is 238 g/mol. The largest absolute Gasteiger partial charge is 0.338 e. The van der Waals surface area contributed by atoms with E-state index in [4.69, 9.17) is 0 Å². The van der Waals surface area contributed by atoms with Gasteiger partial charge < -0.3 is 10.2 Å². The summed E-state index contributed by atoms with van der Waals surface area (Å²) >= 11 is 0. The molecule has 1 saturated carbocycles. The molecule has 1 aromatic rings. The van der Waals surface area contributed by atoms with Crippen LogP contribution < -0.4 is 5.32 Å². The predicted molar refractivity (Wildman–Crippen MR) is 63.9 cm³/mol. The van der Waals surface area contributed by atoms with E-state index in [1.54, 1.807) is 7.05 Å². The summed E-state index contributed by atoms with van der Waals surface area (Å²) < 4.78 is 26.1. The number of benzene rings is 1. The molecule has 98 valence electrons. The van der Waals surface area contributed by atoms with E-state index in [0.29, 0.717) is 18.0 Å². The number of carbonyl (C=O) groups is 1. The number of halogens is 2. The number of nitrogens with one attached hydrogen (secondary N) is 1. The first-order valence-electron chi connectivity index (χ1n) is 5.99. The summed E-state index contributed by atoms with van der Waals surface area (Å²) in [4.78, 5) is 13.1. The van der Waals surface area contributed by atoms with Gasteiger partial charge in [0.05, 0.1) is 0 Å². The minimum absolute atomic E-state index is 0.128. The predicted octanol–water partition coefficient (Wildman–Crippen LogP) is 2.52. The number of nitrogens with zero attached hydrogens (tertiary/aromatic N) is 1. The van der Waals surface area contributed by atoms with Gasteiger partial charge in [0, 0.05) is 31.8 Å². The highest BCUT2D eigenvalue weighted by molar-refractivity contribution is 5.73. The summed E-state index contributed by atoms with van der Waals surface area (Å²) in [6.07, 6.45) is 2.33. The number of hydrogen-bond acceptors (Lipinski definition) is 1. The van der Waals surface area contributed by atoms with Crippen LogP contribution in [0.4, 0.5) is 13.6 Å². The second kappa shape index (κ2) is 5.33. The molecule has 0 bridgehead atoms. The molecule has 18 heavy (non-hydrogen) atoms. The highest BCUT2D eigenvalue weighted by Crippen LogP contribution is 2.27. The molecule has 5 heteroatoms. The fraction of sp³-hybridized carbons (Fsp3) is 0.462. The number of carbonyl (C=O) groups excluding carboxylic acids is 1. The molecule has 1 fully saturated rings. The molecule has 0 atom stereocenters. The maximum atomic E-state index is 13.4. The van der Waals surface area contributed by atoms with Crippen LogP contribution in [-0.2, 0) is 6.54 Å². The fourth-order valence-electron chi connectivity index (χ4n) is 1.67. The summed E-state index contributed by atoms with van der Waals surface area (Å²) in [7, 11) is 1.59. The van der Waals surface area contributed by atoms with Gasteiger partial charge in [0.25, 0.3) is 0 Å². The number of rotatable bonds is 4. The van der Waals surface area contributed by atoms with Gasteiger partial charge in [-0.3, -0.25) is 0 Å².